The molecular weight excluding hydrogens is 366 g/mol. The van der Waals surface area contributed by atoms with Crippen molar-refractivity contribution in [3.8, 4) is 11.3 Å². The molecule has 0 saturated heterocycles. The van der Waals surface area contributed by atoms with Crippen molar-refractivity contribution in [2.24, 2.45) is 5.10 Å². The number of aromatic nitrogens is 2. The average Bonchev–Trinajstić information content (AvgIpc) is 3.16. The average molecular weight is 382 g/mol. The van der Waals surface area contributed by atoms with Crippen molar-refractivity contribution in [1.82, 2.24) is 20.9 Å². The lowest BCUT2D eigenvalue weighted by molar-refractivity contribution is -0.120. The highest BCUT2D eigenvalue weighted by molar-refractivity contribution is 6.33. The molecule has 0 aliphatic rings. The van der Waals surface area contributed by atoms with Crippen molar-refractivity contribution in [3.63, 3.8) is 0 Å². The van der Waals surface area contributed by atoms with E-state index in [1.54, 1.807) is 30.5 Å². The molecule has 0 spiro atoms. The fraction of sp³-hybridized carbons (Fsp3) is 0.0526. The second kappa shape index (κ2) is 8.77. The van der Waals surface area contributed by atoms with Crippen molar-refractivity contribution >= 4 is 29.6 Å². The maximum absolute atomic E-state index is 12.0. The van der Waals surface area contributed by atoms with Crippen LogP contribution >= 0.6 is 11.6 Å². The highest BCUT2D eigenvalue weighted by Gasteiger charge is 2.10. The fourth-order valence-corrected chi connectivity index (χ4v) is 2.57. The number of carbonyl (C=O) groups excluding carboxylic acids is 2. The molecule has 1 aromatic heterocycles. The monoisotopic (exact) mass is 381 g/mol. The van der Waals surface area contributed by atoms with E-state index in [0.717, 1.165) is 16.8 Å². The third-order valence-electron chi connectivity index (χ3n) is 3.65. The number of halogens is 1. The lowest BCUT2D eigenvalue weighted by atomic mass is 10.1. The van der Waals surface area contributed by atoms with Gasteiger partial charge in [-0.2, -0.15) is 10.2 Å². The van der Waals surface area contributed by atoms with Gasteiger partial charge in [-0.05, 0) is 12.1 Å². The van der Waals surface area contributed by atoms with E-state index in [1.807, 2.05) is 30.3 Å². The maximum atomic E-state index is 12.0. The van der Waals surface area contributed by atoms with Crippen molar-refractivity contribution in [2.45, 2.75) is 0 Å². The zero-order chi connectivity index (χ0) is 19.1. The number of nitrogens with zero attached hydrogens (tertiary/aromatic N) is 2. The Morgan fingerprint density at radius 3 is 2.63 bits per heavy atom. The van der Waals surface area contributed by atoms with Crippen LogP contribution < -0.4 is 10.7 Å². The minimum absolute atomic E-state index is 0.224. The van der Waals surface area contributed by atoms with Crippen molar-refractivity contribution < 1.29 is 9.59 Å². The Balaban J connectivity index is 1.54. The Hall–Kier alpha value is -3.45. The van der Waals surface area contributed by atoms with Crippen LogP contribution in [0, 0.1) is 0 Å². The van der Waals surface area contributed by atoms with Crippen LogP contribution in [-0.4, -0.2) is 34.8 Å². The minimum Gasteiger partial charge on any atom is -0.343 e. The molecule has 0 unspecified atom stereocenters. The molecule has 2 aromatic carbocycles. The molecule has 3 rings (SSSR count). The van der Waals surface area contributed by atoms with E-state index in [2.05, 4.69) is 26.0 Å². The van der Waals surface area contributed by atoms with E-state index < -0.39 is 11.8 Å². The first-order valence-electron chi connectivity index (χ1n) is 8.08. The second-order valence-electron chi connectivity index (χ2n) is 5.52. The number of hydrazone groups is 1. The standard InChI is InChI=1S/C19H16ClN5O2/c20-16-9-5-4-8-15(16)19(27)21-12-17(26)24-22-10-14-11-23-25-18(14)13-6-2-1-3-7-13/h1-11H,12H2,(H,21,27)(H,23,25)(H,24,26). The van der Waals surface area contributed by atoms with E-state index in [4.69, 9.17) is 11.6 Å². The van der Waals surface area contributed by atoms with E-state index >= 15 is 0 Å². The van der Waals surface area contributed by atoms with Gasteiger partial charge in [0.05, 0.1) is 35.2 Å². The minimum atomic E-state index is -0.462. The molecule has 0 atom stereocenters. The number of rotatable bonds is 6. The van der Waals surface area contributed by atoms with Crippen molar-refractivity contribution in [3.05, 3.63) is 76.9 Å². The summed E-state index contributed by atoms with van der Waals surface area (Å²) in [5.74, 6) is -0.891. The van der Waals surface area contributed by atoms with Gasteiger partial charge in [-0.25, -0.2) is 5.43 Å². The van der Waals surface area contributed by atoms with E-state index in [-0.39, 0.29) is 6.54 Å². The number of carbonyl (C=O) groups is 2. The predicted octanol–water partition coefficient (Wildman–Crippen LogP) is 2.61. The molecule has 0 radical (unpaired) electrons. The number of benzene rings is 2. The third kappa shape index (κ3) is 4.80. The van der Waals surface area contributed by atoms with Crippen LogP contribution in [0.15, 0.2) is 65.9 Å². The number of aromatic amines is 1. The molecule has 1 heterocycles. The summed E-state index contributed by atoms with van der Waals surface area (Å²) < 4.78 is 0. The summed E-state index contributed by atoms with van der Waals surface area (Å²) in [4.78, 5) is 23.9. The Labute approximate surface area is 160 Å². The first-order valence-corrected chi connectivity index (χ1v) is 8.46. The number of H-pyrrole nitrogens is 1. The number of amides is 2. The van der Waals surface area contributed by atoms with Gasteiger partial charge in [0.25, 0.3) is 11.8 Å². The van der Waals surface area contributed by atoms with Crippen LogP contribution in [-0.2, 0) is 4.79 Å². The zero-order valence-electron chi connectivity index (χ0n) is 14.1. The van der Waals surface area contributed by atoms with Gasteiger partial charge >= 0.3 is 0 Å². The van der Waals surface area contributed by atoms with Crippen LogP contribution in [0.2, 0.25) is 5.02 Å². The summed E-state index contributed by atoms with van der Waals surface area (Å²) in [6.45, 7) is -0.224. The normalized spacial score (nSPS) is 10.7. The van der Waals surface area contributed by atoms with Gasteiger partial charge < -0.3 is 5.32 Å². The summed E-state index contributed by atoms with van der Waals surface area (Å²) in [5, 5.41) is 13.6. The lowest BCUT2D eigenvalue weighted by Gasteiger charge is -2.05. The Morgan fingerprint density at radius 2 is 1.85 bits per heavy atom. The summed E-state index contributed by atoms with van der Waals surface area (Å²) >= 11 is 5.95. The van der Waals surface area contributed by atoms with Gasteiger partial charge in [0.1, 0.15) is 0 Å². The third-order valence-corrected chi connectivity index (χ3v) is 3.98. The van der Waals surface area contributed by atoms with Crippen LogP contribution in [0.3, 0.4) is 0 Å². The fourth-order valence-electron chi connectivity index (χ4n) is 2.34. The highest BCUT2D eigenvalue weighted by Crippen LogP contribution is 2.19. The lowest BCUT2D eigenvalue weighted by Crippen LogP contribution is -2.35. The molecule has 3 aromatic rings. The van der Waals surface area contributed by atoms with E-state index in [1.165, 1.54) is 6.21 Å². The van der Waals surface area contributed by atoms with Gasteiger partial charge in [0, 0.05) is 11.1 Å². The quantitative estimate of drug-likeness (QED) is 0.452. The van der Waals surface area contributed by atoms with Crippen LogP contribution in [0.1, 0.15) is 15.9 Å². The maximum Gasteiger partial charge on any atom is 0.259 e. The summed E-state index contributed by atoms with van der Waals surface area (Å²) in [5.41, 5.74) is 5.14. The van der Waals surface area contributed by atoms with Gasteiger partial charge in [0.2, 0.25) is 0 Å². The highest BCUT2D eigenvalue weighted by atomic mass is 35.5. The predicted molar refractivity (Wildman–Crippen MR) is 104 cm³/mol. The van der Waals surface area contributed by atoms with E-state index in [9.17, 15) is 9.59 Å². The molecule has 27 heavy (non-hydrogen) atoms. The van der Waals surface area contributed by atoms with Gasteiger partial charge in [-0.1, -0.05) is 54.1 Å². The summed E-state index contributed by atoms with van der Waals surface area (Å²) in [7, 11) is 0. The SMILES string of the molecule is O=C(CNC(=O)c1ccccc1Cl)NN=Cc1cn[nH]c1-c1ccccc1. The number of hydrogen-bond acceptors (Lipinski definition) is 4. The van der Waals surface area contributed by atoms with Crippen molar-refractivity contribution in [2.75, 3.05) is 6.54 Å². The molecule has 7 nitrogen and oxygen atoms in total. The molecule has 0 aliphatic heterocycles. The molecule has 2 amide bonds. The van der Waals surface area contributed by atoms with Crippen LogP contribution in [0.25, 0.3) is 11.3 Å². The Bertz CT molecular complexity index is 969. The second-order valence-corrected chi connectivity index (χ2v) is 5.93. The summed E-state index contributed by atoms with van der Waals surface area (Å²) in [6.07, 6.45) is 3.09. The largest absolute Gasteiger partial charge is 0.343 e. The molecule has 0 bridgehead atoms. The van der Waals surface area contributed by atoms with Gasteiger partial charge in [-0.15, -0.1) is 0 Å². The summed E-state index contributed by atoms with van der Waals surface area (Å²) in [6, 6.07) is 16.2. The van der Waals surface area contributed by atoms with Gasteiger partial charge in [-0.3, -0.25) is 14.7 Å². The van der Waals surface area contributed by atoms with Crippen molar-refractivity contribution in [1.29, 1.82) is 0 Å². The molecular formula is C19H16ClN5O2. The Kier molecular flexibility index (Phi) is 5.96. The molecule has 8 heteroatoms. The molecule has 0 aliphatic carbocycles. The molecule has 0 saturated carbocycles. The van der Waals surface area contributed by atoms with Gasteiger partial charge in [0.15, 0.2) is 0 Å². The zero-order valence-corrected chi connectivity index (χ0v) is 14.9. The molecule has 0 fully saturated rings. The first-order chi connectivity index (χ1) is 13.1. The smallest absolute Gasteiger partial charge is 0.259 e. The first kappa shape index (κ1) is 18.3. The topological polar surface area (TPSA) is 99.2 Å². The van der Waals surface area contributed by atoms with Crippen LogP contribution in [0.4, 0.5) is 0 Å². The molecule has 3 N–H and O–H groups in total. The number of hydrogen-bond donors (Lipinski definition) is 3. The number of nitrogens with one attached hydrogen (secondary N) is 3. The Morgan fingerprint density at radius 1 is 1.11 bits per heavy atom. The van der Waals surface area contributed by atoms with Crippen LogP contribution in [0.5, 0.6) is 0 Å². The van der Waals surface area contributed by atoms with E-state index in [0.29, 0.717) is 10.6 Å². The molecule has 136 valence electrons.